The fourth-order valence-corrected chi connectivity index (χ4v) is 2.36. The molecule has 0 bridgehead atoms. The molecule has 10 heteroatoms. The van der Waals surface area contributed by atoms with Crippen molar-refractivity contribution in [3.05, 3.63) is 23.8 Å². The van der Waals surface area contributed by atoms with Gasteiger partial charge in [-0.25, -0.2) is 4.79 Å². The van der Waals surface area contributed by atoms with Gasteiger partial charge in [-0.3, -0.25) is 14.4 Å². The summed E-state index contributed by atoms with van der Waals surface area (Å²) in [4.78, 5) is 46.0. The van der Waals surface area contributed by atoms with Crippen molar-refractivity contribution in [1.82, 2.24) is 5.32 Å². The van der Waals surface area contributed by atoms with Crippen molar-refractivity contribution >= 4 is 24.1 Å². The van der Waals surface area contributed by atoms with Gasteiger partial charge in [-0.15, -0.1) is 0 Å². The van der Waals surface area contributed by atoms with Crippen LogP contribution in [0.5, 0.6) is 11.5 Å². The fraction of sp³-hybridized carbons (Fsp3) is 0.500. The van der Waals surface area contributed by atoms with Gasteiger partial charge in [0.25, 0.3) is 0 Å². The number of carbonyl (C=O) groups is 4. The van der Waals surface area contributed by atoms with Crippen molar-refractivity contribution in [3.8, 4) is 11.5 Å². The Morgan fingerprint density at radius 2 is 1.60 bits per heavy atom. The quantitative estimate of drug-likeness (QED) is 0.318. The number of rotatable bonds is 11. The van der Waals surface area contributed by atoms with Gasteiger partial charge in [0.15, 0.2) is 11.5 Å². The molecular weight excluding hydrogens is 398 g/mol. The zero-order chi connectivity index (χ0) is 22.5. The first-order chi connectivity index (χ1) is 14.3. The highest BCUT2D eigenvalue weighted by atomic mass is 16.7. The van der Waals surface area contributed by atoms with Crippen LogP contribution < -0.4 is 14.8 Å². The molecule has 0 saturated heterocycles. The van der Waals surface area contributed by atoms with Gasteiger partial charge in [-0.05, 0) is 30.5 Å². The minimum atomic E-state index is -0.777. The lowest BCUT2D eigenvalue weighted by molar-refractivity contribution is -0.143. The van der Waals surface area contributed by atoms with Gasteiger partial charge in [0, 0.05) is 20.4 Å². The Kier molecular flexibility index (Phi) is 10.9. The molecule has 0 spiro atoms. The van der Waals surface area contributed by atoms with Gasteiger partial charge >= 0.3 is 24.1 Å². The van der Waals surface area contributed by atoms with E-state index in [1.165, 1.54) is 33.1 Å². The maximum Gasteiger partial charge on any atom is 0.508 e. The largest absolute Gasteiger partial charge is 0.508 e. The Labute approximate surface area is 174 Å². The van der Waals surface area contributed by atoms with Crippen molar-refractivity contribution in [2.45, 2.75) is 39.7 Å². The van der Waals surface area contributed by atoms with Crippen LogP contribution in [0.4, 0.5) is 4.79 Å². The number of hydrogen-bond acceptors (Lipinski definition) is 10. The number of carbonyl (C=O) groups excluding carboxylic acids is 4. The summed E-state index contributed by atoms with van der Waals surface area (Å²) in [5.41, 5.74) is 0.619. The Morgan fingerprint density at radius 3 is 2.20 bits per heavy atom. The molecule has 0 aliphatic rings. The monoisotopic (exact) mass is 425 g/mol. The summed E-state index contributed by atoms with van der Waals surface area (Å²) in [7, 11) is 1.25. The second kappa shape index (κ2) is 13.2. The van der Waals surface area contributed by atoms with Crippen LogP contribution in [0, 0.1) is 0 Å². The minimum absolute atomic E-state index is 0.000128. The van der Waals surface area contributed by atoms with E-state index in [0.29, 0.717) is 12.0 Å². The number of methoxy groups -OCH3 is 1. The van der Waals surface area contributed by atoms with Gasteiger partial charge in [0.1, 0.15) is 12.6 Å². The topological polar surface area (TPSA) is 126 Å². The van der Waals surface area contributed by atoms with E-state index in [2.05, 4.69) is 5.32 Å². The molecule has 0 radical (unpaired) electrons. The average Bonchev–Trinajstić information content (AvgIpc) is 2.69. The zero-order valence-corrected chi connectivity index (χ0v) is 17.5. The van der Waals surface area contributed by atoms with E-state index in [1.54, 1.807) is 6.07 Å². The molecule has 1 rings (SSSR count). The normalized spacial score (nSPS) is 11.2. The summed E-state index contributed by atoms with van der Waals surface area (Å²) in [6.45, 7) is 4.76. The summed E-state index contributed by atoms with van der Waals surface area (Å²) < 4.78 is 24.6. The molecule has 0 saturated carbocycles. The number of esters is 3. The number of hydrogen-bond donors (Lipinski definition) is 1. The lowest BCUT2D eigenvalue weighted by atomic mass is 10.1. The Hall–Kier alpha value is -3.14. The van der Waals surface area contributed by atoms with Crippen molar-refractivity contribution in [2.24, 2.45) is 0 Å². The first kappa shape index (κ1) is 24.9. The molecule has 0 fully saturated rings. The lowest BCUT2D eigenvalue weighted by Gasteiger charge is -2.17. The van der Waals surface area contributed by atoms with Gasteiger partial charge in [-0.2, -0.15) is 0 Å². The summed E-state index contributed by atoms with van der Waals surface area (Å²) in [5, 5.41) is 2.94. The van der Waals surface area contributed by atoms with Crippen LogP contribution in [0.2, 0.25) is 0 Å². The molecule has 1 N–H and O–H groups in total. The second-order valence-corrected chi connectivity index (χ2v) is 6.15. The number of nitrogens with one attached hydrogen (secondary N) is 1. The molecule has 0 heterocycles. The summed E-state index contributed by atoms with van der Waals surface area (Å²) in [6, 6.07) is 3.84. The first-order valence-electron chi connectivity index (χ1n) is 9.37. The molecule has 0 unspecified atom stereocenters. The highest BCUT2D eigenvalue weighted by molar-refractivity contribution is 5.76. The Bertz CT molecular complexity index is 748. The van der Waals surface area contributed by atoms with Gasteiger partial charge in [-0.1, -0.05) is 13.0 Å². The molecule has 0 aliphatic heterocycles. The molecule has 10 nitrogen and oxygen atoms in total. The van der Waals surface area contributed by atoms with E-state index in [1.807, 2.05) is 6.92 Å². The predicted molar refractivity (Wildman–Crippen MR) is 104 cm³/mol. The highest BCUT2D eigenvalue weighted by Gasteiger charge is 2.21. The van der Waals surface area contributed by atoms with E-state index < -0.39 is 30.1 Å². The van der Waals surface area contributed by atoms with Gasteiger partial charge in [0.05, 0.1) is 13.7 Å². The van der Waals surface area contributed by atoms with E-state index in [4.69, 9.17) is 23.7 Å². The summed E-state index contributed by atoms with van der Waals surface area (Å²) in [6.07, 6.45) is 0.0885. The minimum Gasteiger partial charge on any atom is -0.468 e. The summed E-state index contributed by atoms with van der Waals surface area (Å²) in [5.74, 6) is -1.54. The average molecular weight is 425 g/mol. The van der Waals surface area contributed by atoms with Crippen LogP contribution in [-0.2, 0) is 35.0 Å². The maximum absolute atomic E-state index is 12.1. The molecule has 1 aromatic carbocycles. The maximum atomic E-state index is 12.1. The first-order valence-corrected chi connectivity index (χ1v) is 9.37. The SMILES string of the molecule is CCCOC(=O)OCCN[C@@H](Cc1ccc(OC(C)=O)c(OC(C)=O)c1)C(=O)OC. The molecule has 1 aromatic rings. The molecular formula is C20H27NO9. The molecule has 0 aromatic heterocycles. The molecule has 30 heavy (non-hydrogen) atoms. The van der Waals surface area contributed by atoms with E-state index >= 15 is 0 Å². The zero-order valence-electron chi connectivity index (χ0n) is 17.5. The van der Waals surface area contributed by atoms with Crippen LogP contribution >= 0.6 is 0 Å². The highest BCUT2D eigenvalue weighted by Crippen LogP contribution is 2.29. The van der Waals surface area contributed by atoms with Gasteiger partial charge < -0.3 is 29.0 Å². The smallest absolute Gasteiger partial charge is 0.468 e. The third-order valence-corrected chi connectivity index (χ3v) is 3.58. The number of benzene rings is 1. The van der Waals surface area contributed by atoms with Crippen LogP contribution in [-0.4, -0.2) is 57.0 Å². The van der Waals surface area contributed by atoms with Crippen molar-refractivity contribution in [1.29, 1.82) is 0 Å². The Balaban J connectivity index is 2.79. The molecule has 0 aliphatic carbocycles. The van der Waals surface area contributed by atoms with Crippen LogP contribution in [0.15, 0.2) is 18.2 Å². The van der Waals surface area contributed by atoms with Crippen molar-refractivity contribution in [3.63, 3.8) is 0 Å². The summed E-state index contributed by atoms with van der Waals surface area (Å²) >= 11 is 0. The number of ether oxygens (including phenoxy) is 5. The van der Waals surface area contributed by atoms with E-state index in [-0.39, 0.29) is 37.7 Å². The van der Waals surface area contributed by atoms with Gasteiger partial charge in [0.2, 0.25) is 0 Å². The van der Waals surface area contributed by atoms with E-state index in [9.17, 15) is 19.2 Å². The van der Waals surface area contributed by atoms with Crippen LogP contribution in [0.25, 0.3) is 0 Å². The standard InChI is InChI=1S/C20H27NO9/c1-5-9-27-20(25)28-10-8-21-16(19(24)26-4)11-15-6-7-17(29-13(2)22)18(12-15)30-14(3)23/h6-7,12,16,21H,5,8-11H2,1-4H3/t16-/m0/s1. The Morgan fingerprint density at radius 1 is 0.967 bits per heavy atom. The third kappa shape index (κ3) is 9.37. The van der Waals surface area contributed by atoms with Crippen molar-refractivity contribution < 1.29 is 42.9 Å². The fourth-order valence-electron chi connectivity index (χ4n) is 2.36. The molecule has 0 amide bonds. The molecule has 1 atom stereocenters. The molecule has 166 valence electrons. The third-order valence-electron chi connectivity index (χ3n) is 3.58. The predicted octanol–water partition coefficient (Wildman–Crippen LogP) is 1.77. The second-order valence-electron chi connectivity index (χ2n) is 6.15. The van der Waals surface area contributed by atoms with Crippen molar-refractivity contribution in [2.75, 3.05) is 26.9 Å². The van der Waals surface area contributed by atoms with E-state index in [0.717, 1.165) is 0 Å². The van der Waals surface area contributed by atoms with Crippen LogP contribution in [0.1, 0.15) is 32.8 Å². The van der Waals surface area contributed by atoms with Crippen LogP contribution in [0.3, 0.4) is 0 Å². The lowest BCUT2D eigenvalue weighted by Crippen LogP contribution is -2.41.